The zero-order valence-corrected chi connectivity index (χ0v) is 15.9. The molecule has 1 atom stereocenters. The second-order valence-corrected chi connectivity index (χ2v) is 7.08. The highest BCUT2D eigenvalue weighted by Crippen LogP contribution is 2.29. The quantitative estimate of drug-likeness (QED) is 0.688. The van der Waals surface area contributed by atoms with Crippen LogP contribution in [0.3, 0.4) is 0 Å². The van der Waals surface area contributed by atoms with Crippen molar-refractivity contribution in [2.24, 2.45) is 0 Å². The number of hydrogen-bond acceptors (Lipinski definition) is 6. The van der Waals surface area contributed by atoms with E-state index >= 15 is 0 Å². The van der Waals surface area contributed by atoms with E-state index in [1.807, 2.05) is 13.0 Å². The minimum atomic E-state index is -1.31. The van der Waals surface area contributed by atoms with Crippen molar-refractivity contribution in [3.8, 4) is 5.75 Å². The highest BCUT2D eigenvalue weighted by atomic mass is 16.5. The van der Waals surface area contributed by atoms with Crippen LogP contribution in [0.15, 0.2) is 27.4 Å². The number of aryl methyl sites for hydroxylation is 1. The fourth-order valence-electron chi connectivity index (χ4n) is 3.56. The number of hydrogen-bond donors (Lipinski definition) is 1. The van der Waals surface area contributed by atoms with Crippen LogP contribution in [0, 0.1) is 0 Å². The molecule has 1 heterocycles. The minimum Gasteiger partial charge on any atom is -0.548 e. The summed E-state index contributed by atoms with van der Waals surface area (Å²) in [5, 5.41) is 14.4. The molecular weight excluding hydrogens is 362 g/mol. The number of carbonyl (C=O) groups is 2. The van der Waals surface area contributed by atoms with Crippen LogP contribution in [0.2, 0.25) is 0 Å². The molecule has 2 aromatic rings. The van der Waals surface area contributed by atoms with E-state index in [4.69, 9.17) is 9.15 Å². The molecule has 0 radical (unpaired) electrons. The third kappa shape index (κ3) is 4.52. The van der Waals surface area contributed by atoms with Gasteiger partial charge in [-0.05, 0) is 49.8 Å². The molecule has 3 rings (SSSR count). The van der Waals surface area contributed by atoms with Crippen LogP contribution in [0.5, 0.6) is 5.75 Å². The Morgan fingerprint density at radius 3 is 2.71 bits per heavy atom. The summed E-state index contributed by atoms with van der Waals surface area (Å²) in [4.78, 5) is 35.3. The summed E-state index contributed by atoms with van der Waals surface area (Å²) in [7, 11) is 0. The minimum absolute atomic E-state index is 0.315. The summed E-state index contributed by atoms with van der Waals surface area (Å²) < 4.78 is 10.9. The van der Waals surface area contributed by atoms with E-state index in [1.54, 1.807) is 12.1 Å². The average molecular weight is 386 g/mol. The average Bonchev–Trinajstić information content (AvgIpc) is 2.69. The molecule has 150 valence electrons. The maximum atomic E-state index is 12.2. The van der Waals surface area contributed by atoms with Gasteiger partial charge in [-0.25, -0.2) is 4.79 Å². The van der Waals surface area contributed by atoms with Gasteiger partial charge in [-0.1, -0.05) is 19.8 Å². The number of carboxylic acids is 1. The van der Waals surface area contributed by atoms with E-state index in [9.17, 15) is 19.5 Å². The van der Waals surface area contributed by atoms with E-state index < -0.39 is 17.9 Å². The summed E-state index contributed by atoms with van der Waals surface area (Å²) in [6.07, 6.45) is 5.44. The molecule has 1 N–H and O–H groups in total. The molecule has 1 aromatic heterocycles. The Morgan fingerprint density at radius 2 is 2.00 bits per heavy atom. The largest absolute Gasteiger partial charge is 0.548 e. The van der Waals surface area contributed by atoms with Gasteiger partial charge >= 0.3 is 5.63 Å². The van der Waals surface area contributed by atoms with Crippen molar-refractivity contribution in [1.82, 2.24) is 5.32 Å². The smallest absolute Gasteiger partial charge is 0.339 e. The Hall–Kier alpha value is -2.83. The van der Waals surface area contributed by atoms with Crippen LogP contribution in [0.1, 0.15) is 50.2 Å². The highest BCUT2D eigenvalue weighted by Gasteiger charge is 2.18. The number of rotatable bonds is 8. The lowest BCUT2D eigenvalue weighted by Gasteiger charge is -2.19. The van der Waals surface area contributed by atoms with E-state index in [0.717, 1.165) is 48.6 Å². The zero-order chi connectivity index (χ0) is 20.1. The van der Waals surface area contributed by atoms with Crippen molar-refractivity contribution in [1.29, 1.82) is 0 Å². The Labute approximate surface area is 162 Å². The summed E-state index contributed by atoms with van der Waals surface area (Å²) in [6.45, 7) is 1.60. The van der Waals surface area contributed by atoms with Gasteiger partial charge in [-0.2, -0.15) is 0 Å². The molecule has 0 unspecified atom stereocenters. The van der Waals surface area contributed by atoms with Gasteiger partial charge in [0.05, 0.1) is 12.0 Å². The monoisotopic (exact) mass is 386 g/mol. The molecule has 1 aliphatic rings. The molecule has 0 fully saturated rings. The van der Waals surface area contributed by atoms with Gasteiger partial charge in [0.1, 0.15) is 11.3 Å². The molecular formula is C21H24NO6-. The topological polar surface area (TPSA) is 109 Å². The third-order valence-electron chi connectivity index (χ3n) is 5.03. The molecule has 7 nitrogen and oxygen atoms in total. The number of ether oxygens (including phenoxy) is 1. The molecule has 0 saturated carbocycles. The lowest BCUT2D eigenvalue weighted by molar-refractivity contribution is -0.308. The number of nitrogens with one attached hydrogen (secondary N) is 1. The van der Waals surface area contributed by atoms with Crippen molar-refractivity contribution in [2.45, 2.75) is 57.9 Å². The van der Waals surface area contributed by atoms with Gasteiger partial charge in [0, 0.05) is 17.0 Å². The Morgan fingerprint density at radius 1 is 1.25 bits per heavy atom. The number of unbranched alkanes of at least 4 members (excludes halogenated alkanes) is 1. The molecule has 0 spiro atoms. The van der Waals surface area contributed by atoms with Crippen molar-refractivity contribution >= 4 is 22.8 Å². The third-order valence-corrected chi connectivity index (χ3v) is 5.03. The molecule has 0 saturated heterocycles. The van der Waals surface area contributed by atoms with Crippen LogP contribution in [0.25, 0.3) is 11.0 Å². The standard InChI is InChI=1S/C21H25NO6/c1-2-3-8-17(20(24)25)22-19(23)12-27-13-9-10-15-14-6-4-5-7-16(14)21(26)28-18(15)11-13/h9-11,17H,2-8,12H2,1H3,(H,22,23)(H,24,25)/p-1/t17-/m0/s1. The number of carboxylic acid groups (broad SMARTS) is 1. The highest BCUT2D eigenvalue weighted by molar-refractivity contribution is 5.84. The number of fused-ring (bicyclic) bond motifs is 3. The van der Waals surface area contributed by atoms with Gasteiger partial charge in [-0.3, -0.25) is 4.79 Å². The summed E-state index contributed by atoms with van der Waals surface area (Å²) >= 11 is 0. The SMILES string of the molecule is CCCC[C@H](NC(=O)COc1ccc2c3c(c(=O)oc2c1)CCCC3)C(=O)[O-]. The molecule has 1 aliphatic carbocycles. The number of benzene rings is 1. The van der Waals surface area contributed by atoms with Crippen LogP contribution in [0.4, 0.5) is 0 Å². The molecule has 0 aliphatic heterocycles. The predicted molar refractivity (Wildman–Crippen MR) is 101 cm³/mol. The first-order valence-corrected chi connectivity index (χ1v) is 9.71. The van der Waals surface area contributed by atoms with E-state index in [0.29, 0.717) is 24.2 Å². The van der Waals surface area contributed by atoms with E-state index in [2.05, 4.69) is 5.32 Å². The van der Waals surface area contributed by atoms with Crippen LogP contribution < -0.4 is 20.8 Å². The molecule has 1 amide bonds. The molecule has 0 bridgehead atoms. The van der Waals surface area contributed by atoms with Gasteiger partial charge in [0.15, 0.2) is 6.61 Å². The summed E-state index contributed by atoms with van der Waals surface area (Å²) in [5.74, 6) is -1.48. The maximum absolute atomic E-state index is 12.2. The zero-order valence-electron chi connectivity index (χ0n) is 15.9. The van der Waals surface area contributed by atoms with Crippen molar-refractivity contribution in [2.75, 3.05) is 6.61 Å². The first-order chi connectivity index (χ1) is 13.5. The Kier molecular flexibility index (Phi) is 6.34. The molecule has 1 aromatic carbocycles. The van der Waals surface area contributed by atoms with E-state index in [1.165, 1.54) is 0 Å². The maximum Gasteiger partial charge on any atom is 0.339 e. The van der Waals surface area contributed by atoms with Crippen LogP contribution >= 0.6 is 0 Å². The fourth-order valence-corrected chi connectivity index (χ4v) is 3.56. The van der Waals surface area contributed by atoms with Crippen LogP contribution in [-0.2, 0) is 22.4 Å². The van der Waals surface area contributed by atoms with Gasteiger partial charge in [0.2, 0.25) is 0 Å². The Bertz CT molecular complexity index is 932. The Balaban J connectivity index is 1.68. The molecule has 7 heteroatoms. The number of carbonyl (C=O) groups excluding carboxylic acids is 2. The second kappa shape index (κ2) is 8.91. The van der Waals surface area contributed by atoms with Gasteiger partial charge in [-0.15, -0.1) is 0 Å². The fraction of sp³-hybridized carbons (Fsp3) is 0.476. The van der Waals surface area contributed by atoms with Crippen LogP contribution in [-0.4, -0.2) is 24.5 Å². The lowest BCUT2D eigenvalue weighted by Crippen LogP contribution is -2.49. The normalized spacial score (nSPS) is 14.3. The first-order valence-electron chi connectivity index (χ1n) is 9.71. The summed E-state index contributed by atoms with van der Waals surface area (Å²) in [5.41, 5.74) is 1.91. The predicted octanol–water partition coefficient (Wildman–Crippen LogP) is 1.48. The van der Waals surface area contributed by atoms with Crippen molar-refractivity contribution < 1.29 is 23.8 Å². The summed E-state index contributed by atoms with van der Waals surface area (Å²) in [6, 6.07) is 4.11. The van der Waals surface area contributed by atoms with Crippen molar-refractivity contribution in [3.63, 3.8) is 0 Å². The van der Waals surface area contributed by atoms with Gasteiger partial charge in [0.25, 0.3) is 5.91 Å². The van der Waals surface area contributed by atoms with E-state index in [-0.39, 0.29) is 12.2 Å². The molecule has 28 heavy (non-hydrogen) atoms. The first kappa shape index (κ1) is 19.9. The lowest BCUT2D eigenvalue weighted by atomic mass is 9.91. The van der Waals surface area contributed by atoms with Crippen molar-refractivity contribution in [3.05, 3.63) is 39.7 Å². The second-order valence-electron chi connectivity index (χ2n) is 7.08. The number of amides is 1. The van der Waals surface area contributed by atoms with Gasteiger partial charge < -0.3 is 24.4 Å². The number of aliphatic carboxylic acids is 1.